The summed E-state index contributed by atoms with van der Waals surface area (Å²) in [6.45, 7) is 5.82. The normalized spacial score (nSPS) is 10.5. The van der Waals surface area contributed by atoms with Crippen molar-refractivity contribution >= 4 is 28.8 Å². The minimum absolute atomic E-state index is 0.676. The van der Waals surface area contributed by atoms with E-state index in [1.54, 1.807) is 0 Å². The second-order valence-corrected chi connectivity index (χ2v) is 5.20. The highest BCUT2D eigenvalue weighted by Crippen LogP contribution is 2.22. The van der Waals surface area contributed by atoms with E-state index in [1.807, 2.05) is 0 Å². The van der Waals surface area contributed by atoms with Crippen LogP contribution in [0.25, 0.3) is 0 Å². The Balaban J connectivity index is 2.17. The van der Waals surface area contributed by atoms with Crippen molar-refractivity contribution in [2.75, 3.05) is 11.4 Å². The molecule has 0 bridgehead atoms. The molecular weight excluding hydrogens is 254 g/mol. The summed E-state index contributed by atoms with van der Waals surface area (Å²) in [7, 11) is 0. The Labute approximate surface area is 110 Å². The standard InChI is InChI=1S/C12H14ClN3S/c1-3-16(8-11-12(13)17-15-14-11)10-6-4-9(2)5-7-10/h4-7H,3,8H2,1-2H3. The van der Waals surface area contributed by atoms with Crippen LogP contribution < -0.4 is 4.90 Å². The summed E-state index contributed by atoms with van der Waals surface area (Å²) in [4.78, 5) is 2.22. The molecule has 2 rings (SSSR count). The number of anilines is 1. The van der Waals surface area contributed by atoms with Crippen LogP contribution in [0.15, 0.2) is 24.3 Å². The molecule has 0 saturated heterocycles. The molecule has 0 unspecified atom stereocenters. The lowest BCUT2D eigenvalue weighted by atomic mass is 10.2. The third-order valence-corrected chi connectivity index (χ3v) is 3.62. The van der Waals surface area contributed by atoms with Crippen molar-refractivity contribution in [3.63, 3.8) is 0 Å². The van der Waals surface area contributed by atoms with Gasteiger partial charge in [0.1, 0.15) is 10.0 Å². The van der Waals surface area contributed by atoms with Gasteiger partial charge in [0.05, 0.1) is 6.54 Å². The van der Waals surface area contributed by atoms with Gasteiger partial charge < -0.3 is 4.90 Å². The van der Waals surface area contributed by atoms with Crippen molar-refractivity contribution in [3.8, 4) is 0 Å². The highest BCUT2D eigenvalue weighted by Gasteiger charge is 2.11. The van der Waals surface area contributed by atoms with Gasteiger partial charge in [-0.15, -0.1) is 5.10 Å². The minimum atomic E-state index is 0.676. The molecule has 0 N–H and O–H groups in total. The van der Waals surface area contributed by atoms with Crippen LogP contribution in [0.1, 0.15) is 18.2 Å². The molecule has 5 heteroatoms. The first-order valence-corrected chi connectivity index (χ1v) is 6.64. The number of hydrogen-bond acceptors (Lipinski definition) is 4. The van der Waals surface area contributed by atoms with Gasteiger partial charge in [-0.2, -0.15) is 0 Å². The van der Waals surface area contributed by atoms with E-state index in [4.69, 9.17) is 11.6 Å². The number of nitrogens with zero attached hydrogens (tertiary/aromatic N) is 3. The van der Waals surface area contributed by atoms with E-state index in [2.05, 4.69) is 52.6 Å². The summed E-state index contributed by atoms with van der Waals surface area (Å²) in [5.74, 6) is 0. The van der Waals surface area contributed by atoms with Gasteiger partial charge in [0, 0.05) is 23.8 Å². The first kappa shape index (κ1) is 12.3. The lowest BCUT2D eigenvalue weighted by molar-refractivity contribution is 0.804. The second-order valence-electron chi connectivity index (χ2n) is 3.84. The zero-order chi connectivity index (χ0) is 12.3. The van der Waals surface area contributed by atoms with Crippen LogP contribution in [-0.4, -0.2) is 16.1 Å². The van der Waals surface area contributed by atoms with Crippen LogP contribution in [0.2, 0.25) is 4.34 Å². The highest BCUT2D eigenvalue weighted by molar-refractivity contribution is 7.10. The average Bonchev–Trinajstić information content (AvgIpc) is 2.73. The summed E-state index contributed by atoms with van der Waals surface area (Å²) >= 11 is 7.25. The number of aryl methyl sites for hydroxylation is 1. The van der Waals surface area contributed by atoms with Crippen molar-refractivity contribution < 1.29 is 0 Å². The van der Waals surface area contributed by atoms with Crippen molar-refractivity contribution in [1.29, 1.82) is 0 Å². The van der Waals surface area contributed by atoms with Crippen LogP contribution in [0.5, 0.6) is 0 Å². The SMILES string of the molecule is CCN(Cc1nnsc1Cl)c1ccc(C)cc1. The molecule has 0 aliphatic rings. The van der Waals surface area contributed by atoms with Crippen molar-refractivity contribution in [2.24, 2.45) is 0 Å². The Hall–Kier alpha value is -1.13. The summed E-state index contributed by atoms with van der Waals surface area (Å²) in [5.41, 5.74) is 3.29. The summed E-state index contributed by atoms with van der Waals surface area (Å²) in [6, 6.07) is 8.46. The molecule has 0 aliphatic heterocycles. The maximum atomic E-state index is 6.02. The smallest absolute Gasteiger partial charge is 0.139 e. The first-order chi connectivity index (χ1) is 8.20. The molecular formula is C12H14ClN3S. The van der Waals surface area contributed by atoms with Gasteiger partial charge in [-0.05, 0) is 26.0 Å². The zero-order valence-electron chi connectivity index (χ0n) is 9.85. The minimum Gasteiger partial charge on any atom is -0.366 e. The third kappa shape index (κ3) is 2.96. The number of halogens is 1. The van der Waals surface area contributed by atoms with Crippen molar-refractivity contribution in [3.05, 3.63) is 39.9 Å². The predicted molar refractivity (Wildman–Crippen MR) is 72.8 cm³/mol. The van der Waals surface area contributed by atoms with Gasteiger partial charge in [0.25, 0.3) is 0 Å². The number of rotatable bonds is 4. The second kappa shape index (κ2) is 5.47. The van der Waals surface area contributed by atoms with E-state index in [9.17, 15) is 0 Å². The topological polar surface area (TPSA) is 29.0 Å². The molecule has 0 saturated carbocycles. The lowest BCUT2D eigenvalue weighted by Gasteiger charge is -2.22. The molecule has 17 heavy (non-hydrogen) atoms. The maximum absolute atomic E-state index is 6.02. The third-order valence-electron chi connectivity index (χ3n) is 2.63. The zero-order valence-corrected chi connectivity index (χ0v) is 11.4. The largest absolute Gasteiger partial charge is 0.366 e. The lowest BCUT2D eigenvalue weighted by Crippen LogP contribution is -2.22. The van der Waals surface area contributed by atoms with Crippen LogP contribution in [0, 0.1) is 6.92 Å². The van der Waals surface area contributed by atoms with E-state index < -0.39 is 0 Å². The Morgan fingerprint density at radius 3 is 2.53 bits per heavy atom. The van der Waals surface area contributed by atoms with E-state index >= 15 is 0 Å². The van der Waals surface area contributed by atoms with Crippen LogP contribution >= 0.6 is 23.1 Å². The Morgan fingerprint density at radius 1 is 1.29 bits per heavy atom. The average molecular weight is 268 g/mol. The molecule has 1 aromatic heterocycles. The molecule has 2 aromatic rings. The fraction of sp³-hybridized carbons (Fsp3) is 0.333. The quantitative estimate of drug-likeness (QED) is 0.849. The van der Waals surface area contributed by atoms with Gasteiger partial charge in [0.15, 0.2) is 0 Å². The molecule has 0 atom stereocenters. The van der Waals surface area contributed by atoms with E-state index in [0.29, 0.717) is 10.9 Å². The Bertz CT molecular complexity index is 481. The maximum Gasteiger partial charge on any atom is 0.139 e. The Morgan fingerprint density at radius 2 is 2.00 bits per heavy atom. The molecule has 0 amide bonds. The predicted octanol–water partition coefficient (Wildman–Crippen LogP) is 3.53. The molecule has 0 spiro atoms. The Kier molecular flexibility index (Phi) is 3.97. The number of aromatic nitrogens is 2. The van der Waals surface area contributed by atoms with Crippen molar-refractivity contribution in [2.45, 2.75) is 20.4 Å². The number of benzene rings is 1. The van der Waals surface area contributed by atoms with Gasteiger partial charge in [-0.25, -0.2) is 0 Å². The van der Waals surface area contributed by atoms with Gasteiger partial charge in [0.2, 0.25) is 0 Å². The van der Waals surface area contributed by atoms with Crippen LogP contribution in [0.4, 0.5) is 5.69 Å². The first-order valence-electron chi connectivity index (χ1n) is 5.49. The van der Waals surface area contributed by atoms with Crippen LogP contribution in [0.3, 0.4) is 0 Å². The molecule has 0 fully saturated rings. The summed E-state index contributed by atoms with van der Waals surface area (Å²) in [6.07, 6.45) is 0. The fourth-order valence-electron chi connectivity index (χ4n) is 1.61. The molecule has 90 valence electrons. The summed E-state index contributed by atoms with van der Waals surface area (Å²) < 4.78 is 4.53. The summed E-state index contributed by atoms with van der Waals surface area (Å²) in [5, 5.41) is 4.04. The van der Waals surface area contributed by atoms with Gasteiger partial charge in [-0.1, -0.05) is 33.8 Å². The molecule has 3 nitrogen and oxygen atoms in total. The fourth-order valence-corrected chi connectivity index (χ4v) is 2.23. The highest BCUT2D eigenvalue weighted by atomic mass is 35.5. The van der Waals surface area contributed by atoms with Crippen LogP contribution in [-0.2, 0) is 6.54 Å². The van der Waals surface area contributed by atoms with Crippen molar-refractivity contribution in [1.82, 2.24) is 9.59 Å². The number of hydrogen-bond donors (Lipinski definition) is 0. The molecule has 0 aliphatic carbocycles. The van der Waals surface area contributed by atoms with Gasteiger partial charge in [-0.3, -0.25) is 0 Å². The van der Waals surface area contributed by atoms with E-state index in [0.717, 1.165) is 12.2 Å². The van der Waals surface area contributed by atoms with E-state index in [-0.39, 0.29) is 0 Å². The van der Waals surface area contributed by atoms with E-state index in [1.165, 1.54) is 22.8 Å². The van der Waals surface area contributed by atoms with Gasteiger partial charge >= 0.3 is 0 Å². The molecule has 1 heterocycles. The monoisotopic (exact) mass is 267 g/mol. The molecule has 1 aromatic carbocycles. The molecule has 0 radical (unpaired) electrons.